The zero-order valence-electron chi connectivity index (χ0n) is 11.8. The summed E-state index contributed by atoms with van der Waals surface area (Å²) in [5.41, 5.74) is 2.64. The Kier molecular flexibility index (Phi) is 3.62. The molecule has 0 saturated heterocycles. The van der Waals surface area contributed by atoms with Crippen molar-refractivity contribution in [2.45, 2.75) is 26.4 Å². The number of nitrogens with zero attached hydrogens (tertiary/aromatic N) is 2. The molecule has 1 N–H and O–H groups in total. The summed E-state index contributed by atoms with van der Waals surface area (Å²) >= 11 is 0. The third kappa shape index (κ3) is 2.63. The number of rotatable bonds is 4. The van der Waals surface area contributed by atoms with E-state index in [1.807, 2.05) is 20.2 Å². The van der Waals surface area contributed by atoms with Crippen LogP contribution in [0.25, 0.3) is 10.9 Å². The normalized spacial score (nSPS) is 11.7. The van der Waals surface area contributed by atoms with Gasteiger partial charge in [-0.15, -0.1) is 0 Å². The Bertz CT molecular complexity index is 612. The Morgan fingerprint density at radius 2 is 2.00 bits per heavy atom. The van der Waals surface area contributed by atoms with Gasteiger partial charge in [-0.2, -0.15) is 0 Å². The first-order valence-corrected chi connectivity index (χ1v) is 6.42. The van der Waals surface area contributed by atoms with E-state index in [1.165, 1.54) is 5.69 Å². The van der Waals surface area contributed by atoms with E-state index in [4.69, 9.17) is 5.11 Å². The van der Waals surface area contributed by atoms with Crippen molar-refractivity contribution in [3.8, 4) is 0 Å². The van der Waals surface area contributed by atoms with E-state index in [0.717, 1.165) is 17.4 Å². The molecule has 1 aromatic carbocycles. The molecule has 102 valence electrons. The highest BCUT2D eigenvalue weighted by molar-refractivity contribution is 5.94. The van der Waals surface area contributed by atoms with Gasteiger partial charge in [0.1, 0.15) is 0 Å². The van der Waals surface area contributed by atoms with E-state index in [9.17, 15) is 4.79 Å². The number of aromatic carboxylic acids is 1. The van der Waals surface area contributed by atoms with Crippen LogP contribution in [0.5, 0.6) is 0 Å². The summed E-state index contributed by atoms with van der Waals surface area (Å²) in [6.45, 7) is 5.13. The van der Waals surface area contributed by atoms with Crippen LogP contribution < -0.4 is 0 Å². The van der Waals surface area contributed by atoms with Crippen molar-refractivity contribution in [2.75, 3.05) is 14.1 Å². The molecule has 0 aliphatic heterocycles. The van der Waals surface area contributed by atoms with Crippen LogP contribution in [0.4, 0.5) is 0 Å². The molecule has 2 aromatic rings. The standard InChI is InChI=1S/C15H20N2O2/c1-10(2)17-13(9-16(3)4)8-12-7-11(15(18)19)5-6-14(12)17/h5-8,10H,9H2,1-4H3,(H,18,19). The molecule has 2 rings (SSSR count). The predicted molar refractivity (Wildman–Crippen MR) is 76.7 cm³/mol. The highest BCUT2D eigenvalue weighted by Crippen LogP contribution is 2.26. The molecule has 0 unspecified atom stereocenters. The van der Waals surface area contributed by atoms with Crippen molar-refractivity contribution in [3.05, 3.63) is 35.5 Å². The summed E-state index contributed by atoms with van der Waals surface area (Å²) in [6.07, 6.45) is 0. The third-order valence-electron chi connectivity index (χ3n) is 3.16. The lowest BCUT2D eigenvalue weighted by Crippen LogP contribution is -2.15. The van der Waals surface area contributed by atoms with E-state index < -0.39 is 5.97 Å². The van der Waals surface area contributed by atoms with Crippen molar-refractivity contribution in [3.63, 3.8) is 0 Å². The third-order valence-corrected chi connectivity index (χ3v) is 3.16. The van der Waals surface area contributed by atoms with E-state index >= 15 is 0 Å². The van der Waals surface area contributed by atoms with Crippen LogP contribution in [0.1, 0.15) is 35.9 Å². The predicted octanol–water partition coefficient (Wildman–Crippen LogP) is 2.98. The minimum absolute atomic E-state index is 0.338. The summed E-state index contributed by atoms with van der Waals surface area (Å²) in [7, 11) is 4.07. The monoisotopic (exact) mass is 260 g/mol. The number of carbonyl (C=O) groups is 1. The van der Waals surface area contributed by atoms with E-state index in [1.54, 1.807) is 12.1 Å². The quantitative estimate of drug-likeness (QED) is 0.919. The van der Waals surface area contributed by atoms with Crippen LogP contribution in [0.2, 0.25) is 0 Å². The maximum absolute atomic E-state index is 11.0. The van der Waals surface area contributed by atoms with Gasteiger partial charge in [0.15, 0.2) is 0 Å². The number of carboxylic acid groups (broad SMARTS) is 1. The lowest BCUT2D eigenvalue weighted by atomic mass is 10.1. The molecule has 1 aromatic heterocycles. The maximum atomic E-state index is 11.0. The Hall–Kier alpha value is -1.81. The molecule has 0 atom stereocenters. The number of hydrogen-bond donors (Lipinski definition) is 1. The summed E-state index contributed by atoms with van der Waals surface area (Å²) in [4.78, 5) is 13.1. The van der Waals surface area contributed by atoms with E-state index in [2.05, 4.69) is 29.4 Å². The fraction of sp³-hybridized carbons (Fsp3) is 0.400. The van der Waals surface area contributed by atoms with Crippen LogP contribution in [-0.4, -0.2) is 34.6 Å². The maximum Gasteiger partial charge on any atom is 0.335 e. The van der Waals surface area contributed by atoms with Crippen LogP contribution >= 0.6 is 0 Å². The highest BCUT2D eigenvalue weighted by Gasteiger charge is 2.13. The van der Waals surface area contributed by atoms with Crippen molar-refractivity contribution in [1.29, 1.82) is 0 Å². The zero-order chi connectivity index (χ0) is 14.2. The number of hydrogen-bond acceptors (Lipinski definition) is 2. The molecule has 0 aliphatic rings. The molecule has 0 bridgehead atoms. The fourth-order valence-electron chi connectivity index (χ4n) is 2.48. The number of fused-ring (bicyclic) bond motifs is 1. The second kappa shape index (κ2) is 5.05. The van der Waals surface area contributed by atoms with Gasteiger partial charge >= 0.3 is 5.97 Å². The lowest BCUT2D eigenvalue weighted by molar-refractivity contribution is 0.0697. The Balaban J connectivity index is 2.62. The first-order valence-electron chi connectivity index (χ1n) is 6.42. The second-order valence-corrected chi connectivity index (χ2v) is 5.42. The molecule has 0 radical (unpaired) electrons. The molecule has 4 heteroatoms. The zero-order valence-corrected chi connectivity index (χ0v) is 11.8. The van der Waals surface area contributed by atoms with Gasteiger partial charge < -0.3 is 14.6 Å². The van der Waals surface area contributed by atoms with Gasteiger partial charge in [0, 0.05) is 29.2 Å². The smallest absolute Gasteiger partial charge is 0.335 e. The van der Waals surface area contributed by atoms with Crippen molar-refractivity contribution in [1.82, 2.24) is 9.47 Å². The van der Waals surface area contributed by atoms with Crippen molar-refractivity contribution >= 4 is 16.9 Å². The molecule has 1 heterocycles. The summed E-state index contributed by atoms with van der Waals surface area (Å²) in [5.74, 6) is -0.881. The Labute approximate surface area is 113 Å². The van der Waals surface area contributed by atoms with Crippen LogP contribution in [0.15, 0.2) is 24.3 Å². The molecule has 0 saturated carbocycles. The molecule has 0 fully saturated rings. The van der Waals surface area contributed by atoms with Gasteiger partial charge in [-0.1, -0.05) is 0 Å². The lowest BCUT2D eigenvalue weighted by Gasteiger charge is -2.17. The number of benzene rings is 1. The molecule has 0 spiro atoms. The highest BCUT2D eigenvalue weighted by atomic mass is 16.4. The van der Waals surface area contributed by atoms with Crippen molar-refractivity contribution in [2.24, 2.45) is 0 Å². The number of carboxylic acids is 1. The van der Waals surface area contributed by atoms with Gasteiger partial charge in [-0.05, 0) is 52.2 Å². The first-order chi connectivity index (χ1) is 8.90. The summed E-state index contributed by atoms with van der Waals surface area (Å²) < 4.78 is 2.26. The van der Waals surface area contributed by atoms with Gasteiger partial charge in [0.25, 0.3) is 0 Å². The Morgan fingerprint density at radius 3 is 2.53 bits per heavy atom. The molecular weight excluding hydrogens is 240 g/mol. The van der Waals surface area contributed by atoms with E-state index in [0.29, 0.717) is 11.6 Å². The van der Waals surface area contributed by atoms with Gasteiger partial charge in [-0.25, -0.2) is 4.79 Å². The average molecular weight is 260 g/mol. The molecule has 0 aliphatic carbocycles. The molecular formula is C15H20N2O2. The van der Waals surface area contributed by atoms with Crippen LogP contribution in [0, 0.1) is 0 Å². The minimum atomic E-state index is -0.881. The van der Waals surface area contributed by atoms with E-state index in [-0.39, 0.29) is 0 Å². The van der Waals surface area contributed by atoms with Crippen molar-refractivity contribution < 1.29 is 9.90 Å². The summed E-state index contributed by atoms with van der Waals surface area (Å²) in [5, 5.41) is 10.1. The van der Waals surface area contributed by atoms with Gasteiger partial charge in [0.2, 0.25) is 0 Å². The SMILES string of the molecule is CC(C)n1c(CN(C)C)cc2cc(C(=O)O)ccc21. The van der Waals surface area contributed by atoms with Gasteiger partial charge in [0.05, 0.1) is 5.56 Å². The Morgan fingerprint density at radius 1 is 1.32 bits per heavy atom. The fourth-order valence-corrected chi connectivity index (χ4v) is 2.48. The molecule has 0 amide bonds. The topological polar surface area (TPSA) is 45.5 Å². The largest absolute Gasteiger partial charge is 0.478 e. The van der Waals surface area contributed by atoms with Crippen LogP contribution in [0.3, 0.4) is 0 Å². The second-order valence-electron chi connectivity index (χ2n) is 5.42. The van der Waals surface area contributed by atoms with Gasteiger partial charge in [-0.3, -0.25) is 0 Å². The molecule has 4 nitrogen and oxygen atoms in total. The average Bonchev–Trinajstić information content (AvgIpc) is 2.64. The molecule has 19 heavy (non-hydrogen) atoms. The first kappa shape index (κ1) is 13.6. The summed E-state index contributed by atoms with van der Waals surface area (Å²) in [6, 6.07) is 7.75. The minimum Gasteiger partial charge on any atom is -0.478 e. The number of aromatic nitrogens is 1. The van der Waals surface area contributed by atoms with Crippen LogP contribution in [-0.2, 0) is 6.54 Å².